The minimum Gasteiger partial charge on any atom is -0.632 e. The molecule has 3 rings (SSSR count). The molecule has 8 heteroatoms. The molecule has 0 saturated carbocycles. The summed E-state index contributed by atoms with van der Waals surface area (Å²) < 4.78 is 41.6. The van der Waals surface area contributed by atoms with Crippen LogP contribution in [0.1, 0.15) is 39.6 Å². The van der Waals surface area contributed by atoms with Gasteiger partial charge in [-0.25, -0.2) is 4.79 Å². The van der Waals surface area contributed by atoms with Crippen molar-refractivity contribution < 1.29 is 39.4 Å². The molecule has 3 aliphatic heterocycles. The number of hydrogen-bond donors (Lipinski definition) is 2. The number of hydroxylamine groups is 3. The number of esters is 2. The molecule has 3 heterocycles. The lowest BCUT2D eigenvalue weighted by Gasteiger charge is -2.48. The molecule has 1 unspecified atom stereocenters. The van der Waals surface area contributed by atoms with E-state index in [-0.39, 0.29) is 13.0 Å². The van der Waals surface area contributed by atoms with E-state index in [1.807, 2.05) is 0 Å². The summed E-state index contributed by atoms with van der Waals surface area (Å²) in [6, 6.07) is 0. The Hall–Kier alpha value is -1.48. The summed E-state index contributed by atoms with van der Waals surface area (Å²) >= 11 is 0. The first-order chi connectivity index (χ1) is 12.9. The van der Waals surface area contributed by atoms with Gasteiger partial charge in [-0.05, 0) is 33.8 Å². The first-order valence-electron chi connectivity index (χ1n) is 10.1. The number of nitrogens with zero attached hydrogens (tertiary/aromatic N) is 1. The Morgan fingerprint density at radius 2 is 2.00 bits per heavy atom. The minimum atomic E-state index is -3.01. The number of rotatable bonds is 0. The predicted molar refractivity (Wildman–Crippen MR) is 85.7 cm³/mol. The lowest BCUT2D eigenvalue weighted by molar-refractivity contribution is -0.901. The molecule has 0 radical (unpaired) electrons. The quantitative estimate of drug-likeness (QED) is 0.271. The molecule has 25 heavy (non-hydrogen) atoms. The number of carbonyl (C=O) groups is 2. The molecule has 0 aromatic carbocycles. The van der Waals surface area contributed by atoms with Crippen LogP contribution in [0.5, 0.6) is 0 Å². The highest BCUT2D eigenvalue weighted by Gasteiger charge is 2.62. The molecular weight excluding hydrogens is 330 g/mol. The van der Waals surface area contributed by atoms with Crippen LogP contribution < -0.4 is 0 Å². The molecule has 0 spiro atoms. The fourth-order valence-electron chi connectivity index (χ4n) is 3.53. The average Bonchev–Trinajstić information content (AvgIpc) is 2.92. The van der Waals surface area contributed by atoms with Crippen LogP contribution in [0.4, 0.5) is 0 Å². The molecule has 6 atom stereocenters. The van der Waals surface area contributed by atoms with E-state index in [4.69, 9.17) is 15.0 Å². The van der Waals surface area contributed by atoms with Gasteiger partial charge in [0.2, 0.25) is 0 Å². The van der Waals surface area contributed by atoms with Gasteiger partial charge in [0.05, 0.1) is 24.4 Å². The van der Waals surface area contributed by atoms with Crippen molar-refractivity contribution in [1.82, 2.24) is 0 Å². The summed E-state index contributed by atoms with van der Waals surface area (Å²) in [6.07, 6.45) is -0.523. The Bertz CT molecular complexity index is 812. The Morgan fingerprint density at radius 1 is 1.36 bits per heavy atom. The van der Waals surface area contributed by atoms with Crippen LogP contribution in [0, 0.1) is 11.1 Å². The largest absolute Gasteiger partial charge is 0.632 e. The van der Waals surface area contributed by atoms with Crippen LogP contribution in [0.3, 0.4) is 0 Å². The maximum atomic E-state index is 13.5. The zero-order valence-corrected chi connectivity index (χ0v) is 14.5. The molecule has 140 valence electrons. The number of aliphatic hydroxyl groups is 2. The predicted octanol–water partition coefficient (Wildman–Crippen LogP) is 0.0101. The topological polar surface area (TPSA) is 116 Å². The molecule has 0 aromatic heterocycles. The second kappa shape index (κ2) is 5.26. The highest BCUT2D eigenvalue weighted by Crippen LogP contribution is 2.48. The van der Waals surface area contributed by atoms with Gasteiger partial charge in [-0.1, -0.05) is 0 Å². The monoisotopic (exact) mass is 359 g/mol. The molecule has 0 aliphatic carbocycles. The van der Waals surface area contributed by atoms with Gasteiger partial charge in [-0.15, -0.1) is 0 Å². The third-order valence-corrected chi connectivity index (χ3v) is 6.14. The van der Waals surface area contributed by atoms with Crippen LogP contribution in [-0.2, 0) is 19.1 Å². The second-order valence-electron chi connectivity index (χ2n) is 7.45. The van der Waals surface area contributed by atoms with Gasteiger partial charge in [0.1, 0.15) is 12.2 Å². The van der Waals surface area contributed by atoms with Crippen molar-refractivity contribution in [1.29, 1.82) is 0 Å². The van der Waals surface area contributed by atoms with Gasteiger partial charge in [0, 0.05) is 12.0 Å². The normalized spacial score (nSPS) is 56.8. The molecule has 0 amide bonds. The van der Waals surface area contributed by atoms with Crippen molar-refractivity contribution in [3.8, 4) is 0 Å². The minimum absolute atomic E-state index is 0.0577. The van der Waals surface area contributed by atoms with Gasteiger partial charge in [0.15, 0.2) is 17.2 Å². The summed E-state index contributed by atoms with van der Waals surface area (Å²) in [4.78, 5) is 25.4. The number of ether oxygens (including phenoxy) is 2. The second-order valence-corrected chi connectivity index (χ2v) is 7.45. The maximum Gasteiger partial charge on any atom is 0.341 e. The third kappa shape index (κ3) is 2.21. The van der Waals surface area contributed by atoms with E-state index in [0.29, 0.717) is 0 Å². The van der Waals surface area contributed by atoms with Crippen molar-refractivity contribution in [2.45, 2.75) is 57.0 Å². The van der Waals surface area contributed by atoms with Gasteiger partial charge in [-0.3, -0.25) is 4.79 Å². The summed E-state index contributed by atoms with van der Waals surface area (Å²) in [5, 5.41) is 34.9. The van der Waals surface area contributed by atoms with Crippen LogP contribution >= 0.6 is 0 Å². The van der Waals surface area contributed by atoms with Gasteiger partial charge < -0.3 is 29.5 Å². The Morgan fingerprint density at radius 3 is 2.64 bits per heavy atom. The van der Waals surface area contributed by atoms with Crippen molar-refractivity contribution in [3.63, 3.8) is 0 Å². The van der Waals surface area contributed by atoms with Crippen molar-refractivity contribution in [2.24, 2.45) is 5.92 Å². The molecule has 8 nitrogen and oxygen atoms in total. The zero-order valence-electron chi connectivity index (χ0n) is 18.5. The first-order valence-corrected chi connectivity index (χ1v) is 8.08. The summed E-state index contributed by atoms with van der Waals surface area (Å²) in [5.74, 6) is -4.03. The van der Waals surface area contributed by atoms with E-state index in [9.17, 15) is 25.0 Å². The molecule has 3 aliphatic rings. The van der Waals surface area contributed by atoms with E-state index in [2.05, 4.69) is 0 Å². The first kappa shape index (κ1) is 13.7. The lowest BCUT2D eigenvalue weighted by atomic mass is 9.76. The zero-order chi connectivity index (χ0) is 22.4. The van der Waals surface area contributed by atoms with E-state index in [1.54, 1.807) is 0 Å². The van der Waals surface area contributed by atoms with E-state index in [0.717, 1.165) is 19.9 Å². The SMILES string of the molecule is [2H]C1([2H])OC(=O)[C@](C)(O)[C@](C)(O)[C@@H](C)C(=O)O[C@@H]2CC[N+]3([O-])C([2H])([2H])C=C1[C@]23C. The Balaban J connectivity index is 2.24. The molecule has 0 bridgehead atoms. The van der Waals surface area contributed by atoms with Gasteiger partial charge in [0.25, 0.3) is 0 Å². The fourth-order valence-corrected chi connectivity index (χ4v) is 3.53. The summed E-state index contributed by atoms with van der Waals surface area (Å²) in [6.45, 7) is -1.47. The van der Waals surface area contributed by atoms with Crippen molar-refractivity contribution in [2.75, 3.05) is 19.6 Å². The lowest BCUT2D eigenvalue weighted by Crippen LogP contribution is -2.61. The fraction of sp³-hybridized carbons (Fsp3) is 0.765. The van der Waals surface area contributed by atoms with Gasteiger partial charge >= 0.3 is 11.9 Å². The van der Waals surface area contributed by atoms with Crippen molar-refractivity contribution in [3.05, 3.63) is 16.9 Å². The van der Waals surface area contributed by atoms with Crippen LogP contribution in [0.15, 0.2) is 11.6 Å². The standard InChI is InChI=1S/C17H25NO7/c1-10-13(19)25-12-6-8-18(23)7-5-11(15(12,18)2)9-24-14(20)17(4,22)16(10,3)21/h5,10,12,21-22H,6-9H2,1-4H3/t10-,12+,15+,16+,17-,18?/m0/s1/i7D2,9D2. The third-order valence-electron chi connectivity index (χ3n) is 6.14. The molecule has 2 saturated heterocycles. The molecule has 2 N–H and O–H groups in total. The average molecular weight is 359 g/mol. The number of hydrogen-bond acceptors (Lipinski definition) is 7. The molecular formula is C17H25NO7. The highest BCUT2D eigenvalue weighted by molar-refractivity contribution is 5.83. The number of carbonyl (C=O) groups excluding carboxylic acids is 2. The summed E-state index contributed by atoms with van der Waals surface area (Å²) in [7, 11) is 0. The molecule has 0 aromatic rings. The van der Waals surface area contributed by atoms with Crippen LogP contribution in [0.25, 0.3) is 0 Å². The van der Waals surface area contributed by atoms with E-state index >= 15 is 0 Å². The van der Waals surface area contributed by atoms with Crippen LogP contribution in [0.2, 0.25) is 0 Å². The van der Waals surface area contributed by atoms with E-state index in [1.165, 1.54) is 13.8 Å². The number of quaternary nitrogens is 1. The maximum absolute atomic E-state index is 13.5. The summed E-state index contributed by atoms with van der Waals surface area (Å²) in [5.41, 5.74) is -7.49. The van der Waals surface area contributed by atoms with Gasteiger partial charge in [-0.2, -0.15) is 0 Å². The van der Waals surface area contributed by atoms with Crippen molar-refractivity contribution >= 4 is 11.9 Å². The highest BCUT2D eigenvalue weighted by atomic mass is 16.6. The number of cyclic esters (lactones) is 1. The Labute approximate surface area is 151 Å². The smallest absolute Gasteiger partial charge is 0.341 e. The van der Waals surface area contributed by atoms with Crippen LogP contribution in [-0.4, -0.2) is 69.2 Å². The Kier molecular flexibility index (Phi) is 2.88. The molecule has 2 fully saturated rings. The van der Waals surface area contributed by atoms with E-state index < -0.39 is 64.0 Å².